The lowest BCUT2D eigenvalue weighted by Gasteiger charge is -2.30. The van der Waals surface area contributed by atoms with Crippen LogP contribution in [0.25, 0.3) is 10.9 Å². The Bertz CT molecular complexity index is 1080. The summed E-state index contributed by atoms with van der Waals surface area (Å²) in [5.41, 5.74) is 0.925. The minimum atomic E-state index is -0.116. The largest absolute Gasteiger partial charge is 0.484 e. The summed E-state index contributed by atoms with van der Waals surface area (Å²) in [6.45, 7) is -0.0171. The Hall–Kier alpha value is -3.06. The highest BCUT2D eigenvalue weighted by atomic mass is 35.5. The molecule has 0 radical (unpaired) electrons. The quantitative estimate of drug-likeness (QED) is 0.556. The molecule has 1 fully saturated rings. The molecule has 4 rings (SSSR count). The van der Waals surface area contributed by atoms with Crippen LogP contribution in [0.2, 0.25) is 5.02 Å². The SMILES string of the molecule is CN(C)c1nc(N[C@H]2CC[C@@H](NC(=O)COc3cccc(Cl)c3)CC2)nc2ccccc12. The van der Waals surface area contributed by atoms with Gasteiger partial charge in [0.05, 0.1) is 5.52 Å². The first-order valence-corrected chi connectivity index (χ1v) is 11.2. The highest BCUT2D eigenvalue weighted by molar-refractivity contribution is 6.30. The van der Waals surface area contributed by atoms with Gasteiger partial charge in [0.15, 0.2) is 6.61 Å². The number of amides is 1. The predicted octanol–water partition coefficient (Wildman–Crippen LogP) is 4.27. The molecular formula is C24H28ClN5O2. The van der Waals surface area contributed by atoms with Gasteiger partial charge in [-0.2, -0.15) is 4.98 Å². The number of benzene rings is 2. The molecule has 0 aliphatic heterocycles. The van der Waals surface area contributed by atoms with Crippen LogP contribution in [0.3, 0.4) is 0 Å². The van der Waals surface area contributed by atoms with E-state index in [0.29, 0.717) is 16.7 Å². The molecular weight excluding hydrogens is 426 g/mol. The van der Waals surface area contributed by atoms with Crippen molar-refractivity contribution in [3.8, 4) is 5.75 Å². The van der Waals surface area contributed by atoms with Gasteiger partial charge < -0.3 is 20.3 Å². The van der Waals surface area contributed by atoms with E-state index in [4.69, 9.17) is 26.3 Å². The molecule has 0 spiro atoms. The van der Waals surface area contributed by atoms with Crippen molar-refractivity contribution in [3.63, 3.8) is 0 Å². The number of anilines is 2. The number of hydrogen-bond acceptors (Lipinski definition) is 6. The van der Waals surface area contributed by atoms with Crippen LogP contribution in [-0.4, -0.2) is 48.7 Å². The molecule has 3 aromatic rings. The molecule has 1 saturated carbocycles. The van der Waals surface area contributed by atoms with Gasteiger partial charge in [0, 0.05) is 36.6 Å². The van der Waals surface area contributed by atoms with Crippen LogP contribution in [0, 0.1) is 0 Å². The first-order valence-electron chi connectivity index (χ1n) is 10.9. The highest BCUT2D eigenvalue weighted by Crippen LogP contribution is 2.26. The molecule has 0 atom stereocenters. The van der Waals surface area contributed by atoms with Gasteiger partial charge in [0.2, 0.25) is 5.95 Å². The van der Waals surface area contributed by atoms with E-state index in [1.807, 2.05) is 43.3 Å². The second-order valence-electron chi connectivity index (χ2n) is 8.29. The molecule has 0 saturated heterocycles. The molecule has 0 bridgehead atoms. The number of rotatable bonds is 7. The van der Waals surface area contributed by atoms with Gasteiger partial charge in [0.25, 0.3) is 5.91 Å². The van der Waals surface area contributed by atoms with Gasteiger partial charge >= 0.3 is 0 Å². The maximum absolute atomic E-state index is 12.3. The first-order chi connectivity index (χ1) is 15.5. The zero-order valence-corrected chi connectivity index (χ0v) is 19.1. The topological polar surface area (TPSA) is 79.4 Å². The summed E-state index contributed by atoms with van der Waals surface area (Å²) in [4.78, 5) is 23.7. The minimum absolute atomic E-state index is 0.0171. The van der Waals surface area contributed by atoms with Gasteiger partial charge in [0.1, 0.15) is 11.6 Å². The summed E-state index contributed by atoms with van der Waals surface area (Å²) in [6.07, 6.45) is 3.67. The van der Waals surface area contributed by atoms with Gasteiger partial charge in [-0.25, -0.2) is 4.98 Å². The van der Waals surface area contributed by atoms with E-state index in [9.17, 15) is 4.79 Å². The molecule has 2 aromatic carbocycles. The number of halogens is 1. The lowest BCUT2D eigenvalue weighted by atomic mass is 9.91. The van der Waals surface area contributed by atoms with Crippen LogP contribution in [0.5, 0.6) is 5.75 Å². The van der Waals surface area contributed by atoms with Crippen LogP contribution in [0.1, 0.15) is 25.7 Å². The van der Waals surface area contributed by atoms with Crippen LogP contribution in [0.4, 0.5) is 11.8 Å². The standard InChI is InChI=1S/C24H28ClN5O2/c1-30(2)23-20-8-3-4-9-21(20)28-24(29-23)27-18-12-10-17(11-13-18)26-22(31)15-32-19-7-5-6-16(25)14-19/h3-9,14,17-18H,10-13,15H2,1-2H3,(H,26,31)(H,27,28,29)/t17-,18+. The van der Waals surface area contributed by atoms with Crippen molar-refractivity contribution in [2.24, 2.45) is 0 Å². The fourth-order valence-electron chi connectivity index (χ4n) is 4.00. The molecule has 168 valence electrons. The molecule has 2 N–H and O–H groups in total. The molecule has 1 aromatic heterocycles. The summed E-state index contributed by atoms with van der Waals surface area (Å²) in [6, 6.07) is 15.5. The van der Waals surface area contributed by atoms with Crippen molar-refractivity contribution < 1.29 is 9.53 Å². The van der Waals surface area contributed by atoms with Crippen molar-refractivity contribution in [1.29, 1.82) is 0 Å². The Balaban J connectivity index is 1.28. The molecule has 1 aliphatic rings. The number of carbonyl (C=O) groups excluding carboxylic acids is 1. The number of hydrogen-bond donors (Lipinski definition) is 2. The number of ether oxygens (including phenoxy) is 1. The number of para-hydroxylation sites is 1. The van der Waals surface area contributed by atoms with E-state index in [1.165, 1.54) is 0 Å². The molecule has 1 aliphatic carbocycles. The van der Waals surface area contributed by atoms with Gasteiger partial charge in [-0.1, -0.05) is 29.8 Å². The summed E-state index contributed by atoms with van der Waals surface area (Å²) in [7, 11) is 3.98. The third-order valence-electron chi connectivity index (χ3n) is 5.60. The fraction of sp³-hybridized carbons (Fsp3) is 0.375. The number of nitrogens with zero attached hydrogens (tertiary/aromatic N) is 3. The van der Waals surface area contributed by atoms with Crippen LogP contribution in [-0.2, 0) is 4.79 Å². The predicted molar refractivity (Wildman–Crippen MR) is 129 cm³/mol. The Morgan fingerprint density at radius 2 is 1.81 bits per heavy atom. The van der Waals surface area contributed by atoms with Crippen molar-refractivity contribution in [2.45, 2.75) is 37.8 Å². The Morgan fingerprint density at radius 1 is 1.06 bits per heavy atom. The molecule has 8 heteroatoms. The normalized spacial score (nSPS) is 18.2. The maximum atomic E-state index is 12.3. The van der Waals surface area contributed by atoms with Crippen LogP contribution >= 0.6 is 11.6 Å². The lowest BCUT2D eigenvalue weighted by Crippen LogP contribution is -2.42. The van der Waals surface area contributed by atoms with Crippen LogP contribution < -0.4 is 20.3 Å². The van der Waals surface area contributed by atoms with E-state index >= 15 is 0 Å². The van der Waals surface area contributed by atoms with Crippen molar-refractivity contribution in [2.75, 3.05) is 30.9 Å². The molecule has 1 heterocycles. The molecule has 7 nitrogen and oxygen atoms in total. The fourth-order valence-corrected chi connectivity index (χ4v) is 4.19. The number of aromatic nitrogens is 2. The summed E-state index contributed by atoms with van der Waals surface area (Å²) < 4.78 is 5.53. The third kappa shape index (κ3) is 5.59. The average Bonchev–Trinajstić information content (AvgIpc) is 2.78. The zero-order chi connectivity index (χ0) is 22.5. The Morgan fingerprint density at radius 3 is 2.56 bits per heavy atom. The highest BCUT2D eigenvalue weighted by Gasteiger charge is 2.23. The van der Waals surface area contributed by atoms with Crippen molar-refractivity contribution >= 4 is 40.2 Å². The van der Waals surface area contributed by atoms with Gasteiger partial charge in [-0.15, -0.1) is 0 Å². The van der Waals surface area contributed by atoms with Crippen molar-refractivity contribution in [1.82, 2.24) is 15.3 Å². The number of nitrogens with one attached hydrogen (secondary N) is 2. The van der Waals surface area contributed by atoms with Crippen molar-refractivity contribution in [3.05, 3.63) is 53.6 Å². The molecule has 0 unspecified atom stereocenters. The summed E-state index contributed by atoms with van der Waals surface area (Å²) in [5.74, 6) is 2.02. The lowest BCUT2D eigenvalue weighted by molar-refractivity contribution is -0.124. The van der Waals surface area contributed by atoms with E-state index in [0.717, 1.165) is 42.4 Å². The van der Waals surface area contributed by atoms with Crippen LogP contribution in [0.15, 0.2) is 48.5 Å². The third-order valence-corrected chi connectivity index (χ3v) is 5.83. The Labute approximate surface area is 193 Å². The number of fused-ring (bicyclic) bond motifs is 1. The van der Waals surface area contributed by atoms with E-state index in [1.54, 1.807) is 24.3 Å². The number of carbonyl (C=O) groups is 1. The summed E-state index contributed by atoms with van der Waals surface area (Å²) in [5, 5.41) is 8.19. The first kappa shape index (κ1) is 22.1. The van der Waals surface area contributed by atoms with Gasteiger partial charge in [-0.3, -0.25) is 4.79 Å². The average molecular weight is 454 g/mol. The maximum Gasteiger partial charge on any atom is 0.258 e. The van der Waals surface area contributed by atoms with E-state index in [2.05, 4.69) is 10.6 Å². The van der Waals surface area contributed by atoms with Gasteiger partial charge in [-0.05, 0) is 56.0 Å². The monoisotopic (exact) mass is 453 g/mol. The van der Waals surface area contributed by atoms with E-state index in [-0.39, 0.29) is 24.6 Å². The minimum Gasteiger partial charge on any atom is -0.484 e. The van der Waals surface area contributed by atoms with E-state index < -0.39 is 0 Å². The molecule has 1 amide bonds. The zero-order valence-electron chi connectivity index (χ0n) is 18.3. The second-order valence-corrected chi connectivity index (χ2v) is 8.73. The second kappa shape index (κ2) is 10.0. The smallest absolute Gasteiger partial charge is 0.258 e. The summed E-state index contributed by atoms with van der Waals surface area (Å²) >= 11 is 5.94. The Kier molecular flexibility index (Phi) is 6.95. The molecule has 32 heavy (non-hydrogen) atoms.